The molecule has 0 radical (unpaired) electrons. The average molecular weight is 177 g/mol. The minimum absolute atomic E-state index is 0.307. The Labute approximate surface area is 78.9 Å². The Morgan fingerprint density at radius 3 is 2.85 bits per heavy atom. The molecule has 70 valence electrons. The lowest BCUT2D eigenvalue weighted by atomic mass is 9.48. The summed E-state index contributed by atoms with van der Waals surface area (Å²) in [6, 6.07) is 1.91. The van der Waals surface area contributed by atoms with Gasteiger partial charge in [-0.15, -0.1) is 0 Å². The van der Waals surface area contributed by atoms with Crippen molar-refractivity contribution in [2.24, 2.45) is 17.3 Å². The molecule has 3 aliphatic rings. The molecule has 3 rings (SSSR count). The van der Waals surface area contributed by atoms with Crippen molar-refractivity contribution >= 4 is 0 Å². The lowest BCUT2D eigenvalue weighted by molar-refractivity contribution is -0.0170. The molecule has 1 N–H and O–H groups in total. The molecule has 1 fully saturated rings. The quantitative estimate of drug-likeness (QED) is 0.491. The molecule has 2 nitrogen and oxygen atoms in total. The van der Waals surface area contributed by atoms with Crippen molar-refractivity contribution in [1.29, 1.82) is 5.26 Å². The molecule has 0 heterocycles. The van der Waals surface area contributed by atoms with E-state index in [1.54, 1.807) is 0 Å². The summed E-state index contributed by atoms with van der Waals surface area (Å²) in [4.78, 5) is 0. The zero-order valence-electron chi connectivity index (χ0n) is 8.12. The Balaban J connectivity index is 2.24. The maximum absolute atomic E-state index is 9.48. The predicted molar refractivity (Wildman–Crippen MR) is 49.7 cm³/mol. The van der Waals surface area contributed by atoms with Crippen LogP contribution in [-0.4, -0.2) is 11.2 Å². The summed E-state index contributed by atoms with van der Waals surface area (Å²) in [7, 11) is 0. The first-order valence-corrected chi connectivity index (χ1v) is 4.85. The predicted octanol–water partition coefficient (Wildman–Crippen LogP) is 1.86. The summed E-state index contributed by atoms with van der Waals surface area (Å²) < 4.78 is 0. The van der Waals surface area contributed by atoms with E-state index in [0.29, 0.717) is 11.3 Å². The fourth-order valence-electron chi connectivity index (χ4n) is 2.78. The number of nitriles is 1. The number of aliphatic hydroxyl groups is 1. The van der Waals surface area contributed by atoms with Crippen molar-refractivity contribution < 1.29 is 5.11 Å². The summed E-state index contributed by atoms with van der Waals surface area (Å²) in [5.74, 6) is 1.22. The smallest absolute Gasteiger partial charge is 0.162 e. The molecule has 0 aliphatic heterocycles. The zero-order chi connectivity index (χ0) is 9.64. The molecule has 0 spiro atoms. The Hall–Kier alpha value is -0.810. The molecule has 0 saturated heterocycles. The number of rotatable bonds is 1. The van der Waals surface area contributed by atoms with Gasteiger partial charge >= 0.3 is 0 Å². The number of allylic oxidation sites excluding steroid dienone is 1. The molecule has 2 bridgehead atoms. The summed E-state index contributed by atoms with van der Waals surface area (Å²) in [5, 5.41) is 18.1. The van der Waals surface area contributed by atoms with Gasteiger partial charge in [-0.3, -0.25) is 0 Å². The van der Waals surface area contributed by atoms with E-state index in [4.69, 9.17) is 5.26 Å². The highest BCUT2D eigenvalue weighted by molar-refractivity contribution is 5.29. The molecule has 3 atom stereocenters. The van der Waals surface area contributed by atoms with Gasteiger partial charge in [-0.2, -0.15) is 5.26 Å². The Morgan fingerprint density at radius 2 is 2.38 bits per heavy atom. The zero-order valence-corrected chi connectivity index (χ0v) is 8.12. The standard InChI is InChI=1S/C11H15NO/c1-11(2)7-3-4-8(9(11)5-7)10(13)6-12/h4,7,9-10,13H,3,5H2,1-2H3/t7?,9?,10-/m1/s1. The van der Waals surface area contributed by atoms with Gasteiger partial charge in [-0.1, -0.05) is 19.9 Å². The van der Waals surface area contributed by atoms with Crippen LogP contribution in [0.2, 0.25) is 0 Å². The van der Waals surface area contributed by atoms with Gasteiger partial charge in [0, 0.05) is 0 Å². The number of hydrogen-bond acceptors (Lipinski definition) is 2. The van der Waals surface area contributed by atoms with E-state index in [1.165, 1.54) is 0 Å². The van der Waals surface area contributed by atoms with Crippen LogP contribution in [0, 0.1) is 28.6 Å². The molecule has 1 saturated carbocycles. The second-order valence-corrected chi connectivity index (χ2v) is 4.78. The van der Waals surface area contributed by atoms with Crippen LogP contribution in [0.3, 0.4) is 0 Å². The van der Waals surface area contributed by atoms with Crippen LogP contribution < -0.4 is 0 Å². The highest BCUT2D eigenvalue weighted by Gasteiger charge is 2.52. The minimum Gasteiger partial charge on any atom is -0.374 e. The topological polar surface area (TPSA) is 44.0 Å². The van der Waals surface area contributed by atoms with Crippen molar-refractivity contribution in [2.75, 3.05) is 0 Å². The third kappa shape index (κ3) is 1.04. The summed E-state index contributed by atoms with van der Waals surface area (Å²) >= 11 is 0. The largest absolute Gasteiger partial charge is 0.374 e. The first-order chi connectivity index (χ1) is 6.07. The van der Waals surface area contributed by atoms with E-state index in [0.717, 1.165) is 24.3 Å². The molecule has 0 amide bonds. The van der Waals surface area contributed by atoms with Gasteiger partial charge in [0.15, 0.2) is 6.10 Å². The van der Waals surface area contributed by atoms with E-state index < -0.39 is 6.10 Å². The summed E-state index contributed by atoms with van der Waals surface area (Å²) in [5.41, 5.74) is 1.28. The van der Waals surface area contributed by atoms with Crippen molar-refractivity contribution in [1.82, 2.24) is 0 Å². The second kappa shape index (κ2) is 2.59. The van der Waals surface area contributed by atoms with Gasteiger partial charge in [0.2, 0.25) is 0 Å². The first-order valence-electron chi connectivity index (χ1n) is 4.85. The Bertz CT molecular complexity index is 298. The van der Waals surface area contributed by atoms with E-state index in [1.807, 2.05) is 6.07 Å². The van der Waals surface area contributed by atoms with Crippen LogP contribution >= 0.6 is 0 Å². The summed E-state index contributed by atoms with van der Waals surface area (Å²) in [6.45, 7) is 4.48. The molecule has 3 aliphatic carbocycles. The van der Waals surface area contributed by atoms with E-state index in [9.17, 15) is 5.11 Å². The molecule has 0 aromatic carbocycles. The van der Waals surface area contributed by atoms with Gasteiger partial charge in [0.1, 0.15) is 0 Å². The first kappa shape index (κ1) is 8.77. The minimum atomic E-state index is -0.870. The summed E-state index contributed by atoms with van der Waals surface area (Å²) in [6.07, 6.45) is 3.40. The number of hydrogen-bond donors (Lipinski definition) is 1. The van der Waals surface area contributed by atoms with E-state index in [-0.39, 0.29) is 0 Å². The van der Waals surface area contributed by atoms with Crippen LogP contribution in [0.25, 0.3) is 0 Å². The van der Waals surface area contributed by atoms with Gasteiger partial charge < -0.3 is 5.11 Å². The third-order valence-corrected chi connectivity index (χ3v) is 3.95. The normalized spacial score (nSPS) is 36.9. The highest BCUT2D eigenvalue weighted by Crippen LogP contribution is 2.59. The number of fused-ring (bicyclic) bond motifs is 1. The highest BCUT2D eigenvalue weighted by atomic mass is 16.3. The fourth-order valence-corrected chi connectivity index (χ4v) is 2.78. The van der Waals surface area contributed by atoms with Gasteiger partial charge in [0.25, 0.3) is 0 Å². The maximum Gasteiger partial charge on any atom is 0.162 e. The monoisotopic (exact) mass is 177 g/mol. The molecule has 0 aromatic rings. The van der Waals surface area contributed by atoms with Gasteiger partial charge in [-0.25, -0.2) is 0 Å². The molecule has 2 unspecified atom stereocenters. The van der Waals surface area contributed by atoms with Crippen molar-refractivity contribution in [3.8, 4) is 6.07 Å². The lowest BCUT2D eigenvalue weighted by Gasteiger charge is -2.56. The molecular weight excluding hydrogens is 162 g/mol. The van der Waals surface area contributed by atoms with Crippen LogP contribution in [0.15, 0.2) is 11.6 Å². The van der Waals surface area contributed by atoms with Crippen LogP contribution in [0.5, 0.6) is 0 Å². The van der Waals surface area contributed by atoms with Crippen molar-refractivity contribution in [2.45, 2.75) is 32.8 Å². The van der Waals surface area contributed by atoms with E-state index in [2.05, 4.69) is 19.9 Å². The fraction of sp³-hybridized carbons (Fsp3) is 0.727. The second-order valence-electron chi connectivity index (χ2n) is 4.78. The third-order valence-electron chi connectivity index (χ3n) is 3.95. The van der Waals surface area contributed by atoms with E-state index >= 15 is 0 Å². The molecule has 2 heteroatoms. The molecule has 13 heavy (non-hydrogen) atoms. The molecular formula is C11H15NO. The van der Waals surface area contributed by atoms with Gasteiger partial charge in [0.05, 0.1) is 6.07 Å². The number of aliphatic hydroxyl groups excluding tert-OH is 1. The average Bonchev–Trinajstić information content (AvgIpc) is 2.16. The van der Waals surface area contributed by atoms with Crippen molar-refractivity contribution in [3.05, 3.63) is 11.6 Å². The Kier molecular flexibility index (Phi) is 1.75. The SMILES string of the molecule is CC1(C)C2CC=C([C@H](O)C#N)C1C2. The molecule has 0 aromatic heterocycles. The maximum atomic E-state index is 9.48. The van der Waals surface area contributed by atoms with Crippen LogP contribution in [0.4, 0.5) is 0 Å². The van der Waals surface area contributed by atoms with Crippen LogP contribution in [0.1, 0.15) is 26.7 Å². The van der Waals surface area contributed by atoms with Crippen molar-refractivity contribution in [3.63, 3.8) is 0 Å². The Morgan fingerprint density at radius 1 is 1.69 bits per heavy atom. The van der Waals surface area contributed by atoms with Gasteiger partial charge in [-0.05, 0) is 35.7 Å². The lowest BCUT2D eigenvalue weighted by Crippen LogP contribution is -2.49. The van der Waals surface area contributed by atoms with Crippen LogP contribution in [-0.2, 0) is 0 Å². The number of nitrogens with zero attached hydrogens (tertiary/aromatic N) is 1.